The largest absolute Gasteiger partial charge is 0.491 e. The standard InChI is InChI=1S/C21H28N2O4S/c1-6-20(23(28(5,25)26)18-12-10-16(4)11-13-18)21(24)22-17-8-7-9-19(14-17)27-15(2)3/h7-15,20H,6H2,1-5H3,(H,22,24)/t20-/m0/s1. The van der Waals surface area contributed by atoms with Gasteiger partial charge in [0.2, 0.25) is 15.9 Å². The second-order valence-corrected chi connectivity index (χ2v) is 8.86. The Bertz CT molecular complexity index is 908. The molecule has 0 saturated carbocycles. The summed E-state index contributed by atoms with van der Waals surface area (Å²) in [4.78, 5) is 12.9. The van der Waals surface area contributed by atoms with Crippen molar-refractivity contribution in [3.63, 3.8) is 0 Å². The van der Waals surface area contributed by atoms with Gasteiger partial charge in [-0.1, -0.05) is 30.7 Å². The number of hydrogen-bond donors (Lipinski definition) is 1. The number of carbonyl (C=O) groups is 1. The Morgan fingerprint density at radius 3 is 2.32 bits per heavy atom. The van der Waals surface area contributed by atoms with Gasteiger partial charge in [0.25, 0.3) is 0 Å². The smallest absolute Gasteiger partial charge is 0.248 e. The Kier molecular flexibility index (Phi) is 7.07. The number of nitrogens with one attached hydrogen (secondary N) is 1. The van der Waals surface area contributed by atoms with E-state index < -0.39 is 22.0 Å². The molecule has 2 aromatic carbocycles. The molecule has 1 N–H and O–H groups in total. The summed E-state index contributed by atoms with van der Waals surface area (Å²) in [7, 11) is -3.66. The number of anilines is 2. The van der Waals surface area contributed by atoms with Crippen LogP contribution in [-0.4, -0.2) is 32.7 Å². The lowest BCUT2D eigenvalue weighted by Crippen LogP contribution is -2.47. The van der Waals surface area contributed by atoms with Gasteiger partial charge in [-0.25, -0.2) is 8.42 Å². The predicted molar refractivity (Wildman–Crippen MR) is 113 cm³/mol. The van der Waals surface area contributed by atoms with Gasteiger partial charge in [0.15, 0.2) is 0 Å². The molecule has 28 heavy (non-hydrogen) atoms. The van der Waals surface area contributed by atoms with Crippen LogP contribution in [0.2, 0.25) is 0 Å². The SMILES string of the molecule is CC[C@@H](C(=O)Nc1cccc(OC(C)C)c1)N(c1ccc(C)cc1)S(C)(=O)=O. The van der Waals surface area contributed by atoms with Gasteiger partial charge in [-0.15, -0.1) is 0 Å². The van der Waals surface area contributed by atoms with Crippen molar-refractivity contribution in [3.05, 3.63) is 54.1 Å². The Morgan fingerprint density at radius 1 is 1.14 bits per heavy atom. The molecular weight excluding hydrogens is 376 g/mol. The van der Waals surface area contributed by atoms with E-state index in [1.165, 1.54) is 4.31 Å². The number of nitrogens with zero attached hydrogens (tertiary/aromatic N) is 1. The molecule has 0 aromatic heterocycles. The number of amides is 1. The number of hydrogen-bond acceptors (Lipinski definition) is 4. The molecule has 7 heteroatoms. The Hall–Kier alpha value is -2.54. The maximum atomic E-state index is 12.9. The summed E-state index contributed by atoms with van der Waals surface area (Å²) >= 11 is 0. The number of rotatable bonds is 8. The molecule has 2 rings (SSSR count). The third kappa shape index (κ3) is 5.73. The topological polar surface area (TPSA) is 75.7 Å². The molecule has 152 valence electrons. The zero-order valence-electron chi connectivity index (χ0n) is 17.0. The molecule has 0 heterocycles. The zero-order valence-corrected chi connectivity index (χ0v) is 17.8. The van der Waals surface area contributed by atoms with E-state index in [0.29, 0.717) is 23.5 Å². The van der Waals surface area contributed by atoms with E-state index >= 15 is 0 Å². The van der Waals surface area contributed by atoms with Crippen LogP contribution in [0.4, 0.5) is 11.4 Å². The fourth-order valence-electron chi connectivity index (χ4n) is 2.90. The minimum atomic E-state index is -3.66. The Labute approximate surface area is 167 Å². The quantitative estimate of drug-likeness (QED) is 0.722. The van der Waals surface area contributed by atoms with Crippen molar-refractivity contribution >= 4 is 27.3 Å². The van der Waals surface area contributed by atoms with Gasteiger partial charge in [-0.2, -0.15) is 0 Å². The lowest BCUT2D eigenvalue weighted by Gasteiger charge is -2.30. The minimum Gasteiger partial charge on any atom is -0.491 e. The van der Waals surface area contributed by atoms with Crippen molar-refractivity contribution in [3.8, 4) is 5.75 Å². The molecule has 0 aliphatic heterocycles. The van der Waals surface area contributed by atoms with Gasteiger partial charge in [-0.3, -0.25) is 9.10 Å². The van der Waals surface area contributed by atoms with E-state index in [0.717, 1.165) is 11.8 Å². The van der Waals surface area contributed by atoms with Gasteiger partial charge in [0, 0.05) is 11.8 Å². The van der Waals surface area contributed by atoms with Crippen molar-refractivity contribution in [2.45, 2.75) is 46.3 Å². The second kappa shape index (κ2) is 9.10. The molecular formula is C21H28N2O4S. The molecule has 0 saturated heterocycles. The van der Waals surface area contributed by atoms with Gasteiger partial charge >= 0.3 is 0 Å². The molecule has 0 spiro atoms. The third-order valence-corrected chi connectivity index (χ3v) is 5.27. The van der Waals surface area contributed by atoms with E-state index in [2.05, 4.69) is 5.32 Å². The highest BCUT2D eigenvalue weighted by Gasteiger charge is 2.31. The first-order valence-electron chi connectivity index (χ1n) is 9.25. The number of benzene rings is 2. The van der Waals surface area contributed by atoms with Crippen LogP contribution in [0, 0.1) is 6.92 Å². The van der Waals surface area contributed by atoms with Crippen LogP contribution in [0.3, 0.4) is 0 Å². The number of carbonyl (C=O) groups excluding carboxylic acids is 1. The van der Waals surface area contributed by atoms with Gasteiger partial charge < -0.3 is 10.1 Å². The van der Waals surface area contributed by atoms with Crippen LogP contribution in [0.15, 0.2) is 48.5 Å². The third-order valence-electron chi connectivity index (χ3n) is 4.09. The number of sulfonamides is 1. The van der Waals surface area contributed by atoms with Crippen LogP contribution >= 0.6 is 0 Å². The maximum absolute atomic E-state index is 12.9. The van der Waals surface area contributed by atoms with Crippen molar-refractivity contribution in [1.29, 1.82) is 0 Å². The molecule has 0 radical (unpaired) electrons. The molecule has 2 aromatic rings. The summed E-state index contributed by atoms with van der Waals surface area (Å²) < 4.78 is 31.8. The summed E-state index contributed by atoms with van der Waals surface area (Å²) in [6, 6.07) is 13.3. The molecule has 6 nitrogen and oxygen atoms in total. The fourth-order valence-corrected chi connectivity index (χ4v) is 4.11. The van der Waals surface area contributed by atoms with Crippen molar-refractivity contribution < 1.29 is 17.9 Å². The summed E-state index contributed by atoms with van der Waals surface area (Å²) in [6.07, 6.45) is 1.45. The van der Waals surface area contributed by atoms with E-state index in [4.69, 9.17) is 4.74 Å². The first kappa shape index (κ1) is 21.8. The number of aryl methyl sites for hydroxylation is 1. The lowest BCUT2D eigenvalue weighted by molar-refractivity contribution is -0.117. The van der Waals surface area contributed by atoms with Crippen LogP contribution < -0.4 is 14.4 Å². The van der Waals surface area contributed by atoms with Crippen molar-refractivity contribution in [2.75, 3.05) is 15.9 Å². The van der Waals surface area contributed by atoms with Gasteiger partial charge in [0.1, 0.15) is 11.8 Å². The van der Waals surface area contributed by atoms with Crippen LogP contribution in [-0.2, 0) is 14.8 Å². The summed E-state index contributed by atoms with van der Waals surface area (Å²) in [6.45, 7) is 7.55. The average molecular weight is 405 g/mol. The van der Waals surface area contributed by atoms with Gasteiger partial charge in [0.05, 0.1) is 18.0 Å². The molecule has 0 aliphatic carbocycles. The fraction of sp³-hybridized carbons (Fsp3) is 0.381. The monoisotopic (exact) mass is 404 g/mol. The van der Waals surface area contributed by atoms with Crippen LogP contribution in [0.25, 0.3) is 0 Å². The molecule has 0 aliphatic rings. The summed E-state index contributed by atoms with van der Waals surface area (Å²) in [5, 5.41) is 2.82. The van der Waals surface area contributed by atoms with Crippen LogP contribution in [0.1, 0.15) is 32.8 Å². The van der Waals surface area contributed by atoms with Crippen molar-refractivity contribution in [2.24, 2.45) is 0 Å². The minimum absolute atomic E-state index is 0.0107. The highest BCUT2D eigenvalue weighted by molar-refractivity contribution is 7.92. The summed E-state index contributed by atoms with van der Waals surface area (Å²) in [5.74, 6) is 0.245. The maximum Gasteiger partial charge on any atom is 0.248 e. The lowest BCUT2D eigenvalue weighted by atomic mass is 10.1. The molecule has 0 fully saturated rings. The molecule has 0 unspecified atom stereocenters. The average Bonchev–Trinajstić information content (AvgIpc) is 2.59. The highest BCUT2D eigenvalue weighted by atomic mass is 32.2. The van der Waals surface area contributed by atoms with E-state index in [-0.39, 0.29) is 6.10 Å². The Morgan fingerprint density at radius 2 is 1.79 bits per heavy atom. The Balaban J connectivity index is 2.30. The van der Waals surface area contributed by atoms with Crippen molar-refractivity contribution in [1.82, 2.24) is 0 Å². The van der Waals surface area contributed by atoms with Gasteiger partial charge in [-0.05, 0) is 51.5 Å². The molecule has 1 amide bonds. The van der Waals surface area contributed by atoms with E-state index in [9.17, 15) is 13.2 Å². The van der Waals surface area contributed by atoms with E-state index in [1.54, 1.807) is 37.3 Å². The molecule has 0 bridgehead atoms. The zero-order chi connectivity index (χ0) is 20.9. The first-order valence-corrected chi connectivity index (χ1v) is 11.1. The molecule has 1 atom stereocenters. The predicted octanol–water partition coefficient (Wildman–Crippen LogP) is 3.97. The number of ether oxygens (including phenoxy) is 1. The summed E-state index contributed by atoms with van der Waals surface area (Å²) in [5.41, 5.74) is 2.03. The highest BCUT2D eigenvalue weighted by Crippen LogP contribution is 2.25. The van der Waals surface area contributed by atoms with E-state index in [1.807, 2.05) is 39.0 Å². The second-order valence-electron chi connectivity index (χ2n) is 7.00. The normalized spacial score (nSPS) is 12.5. The first-order chi connectivity index (χ1) is 13.1. The van der Waals surface area contributed by atoms with Crippen LogP contribution in [0.5, 0.6) is 5.75 Å².